The SMILES string of the molecule is C=C(OC(=O)C(C)(C)CC)C(F)(F)F. The Morgan fingerprint density at radius 2 is 1.79 bits per heavy atom. The molecule has 0 rings (SSSR count). The molecule has 82 valence electrons. The number of rotatable bonds is 3. The number of allylic oxidation sites excluding steroid dienone is 1. The summed E-state index contributed by atoms with van der Waals surface area (Å²) in [7, 11) is 0. The van der Waals surface area contributed by atoms with Gasteiger partial charge in [-0.15, -0.1) is 0 Å². The van der Waals surface area contributed by atoms with Gasteiger partial charge in [-0.2, -0.15) is 13.2 Å². The van der Waals surface area contributed by atoms with Crippen LogP contribution in [0.25, 0.3) is 0 Å². The highest BCUT2D eigenvalue weighted by molar-refractivity contribution is 5.76. The summed E-state index contributed by atoms with van der Waals surface area (Å²) in [6.07, 6.45) is -4.28. The minimum absolute atomic E-state index is 0.400. The number of hydrogen-bond donors (Lipinski definition) is 0. The molecule has 0 aromatic heterocycles. The van der Waals surface area contributed by atoms with Crippen LogP contribution in [0.2, 0.25) is 0 Å². The van der Waals surface area contributed by atoms with E-state index in [4.69, 9.17) is 0 Å². The molecule has 0 unspecified atom stereocenters. The highest BCUT2D eigenvalue weighted by Crippen LogP contribution is 2.29. The molecule has 0 aliphatic heterocycles. The van der Waals surface area contributed by atoms with Gasteiger partial charge < -0.3 is 4.74 Å². The number of esters is 1. The van der Waals surface area contributed by atoms with Gasteiger partial charge in [-0.05, 0) is 20.3 Å². The number of carbonyl (C=O) groups excluding carboxylic acids is 1. The molecule has 0 heterocycles. The van der Waals surface area contributed by atoms with Gasteiger partial charge in [0.1, 0.15) is 0 Å². The first-order valence-electron chi connectivity index (χ1n) is 4.09. The van der Waals surface area contributed by atoms with Crippen LogP contribution >= 0.6 is 0 Å². The molecule has 14 heavy (non-hydrogen) atoms. The molecular formula is C9H13F3O2. The molecule has 0 amide bonds. The Balaban J connectivity index is 4.43. The maximum atomic E-state index is 11.9. The van der Waals surface area contributed by atoms with Gasteiger partial charge in [-0.1, -0.05) is 13.5 Å². The predicted molar refractivity (Wildman–Crippen MR) is 45.4 cm³/mol. The summed E-state index contributed by atoms with van der Waals surface area (Å²) in [4.78, 5) is 11.2. The van der Waals surface area contributed by atoms with Crippen molar-refractivity contribution in [3.05, 3.63) is 12.3 Å². The van der Waals surface area contributed by atoms with E-state index >= 15 is 0 Å². The van der Waals surface area contributed by atoms with Gasteiger partial charge in [-0.25, -0.2) is 0 Å². The lowest BCUT2D eigenvalue weighted by Crippen LogP contribution is -2.28. The van der Waals surface area contributed by atoms with Crippen molar-refractivity contribution in [3.8, 4) is 0 Å². The highest BCUT2D eigenvalue weighted by Gasteiger charge is 2.38. The van der Waals surface area contributed by atoms with Crippen LogP contribution in [-0.4, -0.2) is 12.1 Å². The monoisotopic (exact) mass is 210 g/mol. The third-order valence-electron chi connectivity index (χ3n) is 1.97. The van der Waals surface area contributed by atoms with Crippen LogP contribution in [0.3, 0.4) is 0 Å². The standard InChI is InChI=1S/C9H13F3O2/c1-5-8(3,4)7(13)14-6(2)9(10,11)12/h2,5H2,1,3-4H3. The Kier molecular flexibility index (Phi) is 3.73. The minimum Gasteiger partial charge on any atom is -0.422 e. The summed E-state index contributed by atoms with van der Waals surface area (Å²) in [6, 6.07) is 0. The van der Waals surface area contributed by atoms with E-state index in [1.165, 1.54) is 13.8 Å². The molecule has 0 bridgehead atoms. The van der Waals surface area contributed by atoms with E-state index in [0.29, 0.717) is 6.42 Å². The van der Waals surface area contributed by atoms with Gasteiger partial charge in [0.15, 0.2) is 0 Å². The molecule has 0 fully saturated rings. The topological polar surface area (TPSA) is 26.3 Å². The van der Waals surface area contributed by atoms with E-state index in [-0.39, 0.29) is 0 Å². The number of carbonyl (C=O) groups is 1. The van der Waals surface area contributed by atoms with Crippen molar-refractivity contribution < 1.29 is 22.7 Å². The van der Waals surface area contributed by atoms with Crippen molar-refractivity contribution in [2.24, 2.45) is 5.41 Å². The third kappa shape index (κ3) is 3.40. The average Bonchev–Trinajstić information content (AvgIpc) is 2.02. The van der Waals surface area contributed by atoms with E-state index in [2.05, 4.69) is 11.3 Å². The van der Waals surface area contributed by atoms with Crippen LogP contribution in [-0.2, 0) is 9.53 Å². The van der Waals surface area contributed by atoms with Gasteiger partial charge in [0, 0.05) is 0 Å². The highest BCUT2D eigenvalue weighted by atomic mass is 19.4. The van der Waals surface area contributed by atoms with Crippen LogP contribution in [0.4, 0.5) is 13.2 Å². The molecule has 0 aromatic carbocycles. The smallest absolute Gasteiger partial charge is 0.422 e. The number of ether oxygens (including phenoxy) is 1. The third-order valence-corrected chi connectivity index (χ3v) is 1.97. The van der Waals surface area contributed by atoms with Crippen molar-refractivity contribution in [2.75, 3.05) is 0 Å². The van der Waals surface area contributed by atoms with E-state index < -0.39 is 23.3 Å². The first-order valence-corrected chi connectivity index (χ1v) is 4.09. The predicted octanol–water partition coefficient (Wildman–Crippen LogP) is 3.04. The van der Waals surface area contributed by atoms with E-state index in [1.54, 1.807) is 6.92 Å². The van der Waals surface area contributed by atoms with Gasteiger partial charge >= 0.3 is 12.1 Å². The second-order valence-electron chi connectivity index (χ2n) is 3.55. The van der Waals surface area contributed by atoms with Crippen LogP contribution < -0.4 is 0 Å². The Morgan fingerprint density at radius 1 is 1.36 bits per heavy atom. The van der Waals surface area contributed by atoms with Crippen LogP contribution in [0.15, 0.2) is 12.3 Å². The number of halogens is 3. The largest absolute Gasteiger partial charge is 0.449 e. The molecule has 2 nitrogen and oxygen atoms in total. The second kappa shape index (κ2) is 4.02. The summed E-state index contributed by atoms with van der Waals surface area (Å²) >= 11 is 0. The van der Waals surface area contributed by atoms with E-state index in [0.717, 1.165) is 0 Å². The zero-order chi connectivity index (χ0) is 11.6. The van der Waals surface area contributed by atoms with Crippen molar-refractivity contribution in [1.29, 1.82) is 0 Å². The van der Waals surface area contributed by atoms with Gasteiger partial charge in [-0.3, -0.25) is 4.79 Å². The fourth-order valence-corrected chi connectivity index (χ4v) is 0.452. The molecule has 0 atom stereocenters. The zero-order valence-corrected chi connectivity index (χ0v) is 8.36. The fourth-order valence-electron chi connectivity index (χ4n) is 0.452. The summed E-state index contributed by atoms with van der Waals surface area (Å²) < 4.78 is 39.9. The molecule has 0 saturated carbocycles. The molecular weight excluding hydrogens is 197 g/mol. The normalized spacial score (nSPS) is 12.4. The lowest BCUT2D eigenvalue weighted by Gasteiger charge is -2.21. The summed E-state index contributed by atoms with van der Waals surface area (Å²) in [5.41, 5.74) is -0.922. The lowest BCUT2D eigenvalue weighted by atomic mass is 9.91. The van der Waals surface area contributed by atoms with Crippen molar-refractivity contribution in [2.45, 2.75) is 33.4 Å². The Hall–Kier alpha value is -1.00. The summed E-state index contributed by atoms with van der Waals surface area (Å²) in [5.74, 6) is -2.38. The van der Waals surface area contributed by atoms with Gasteiger partial charge in [0.2, 0.25) is 5.76 Å². The summed E-state index contributed by atoms with van der Waals surface area (Å²) in [6.45, 7) is 7.36. The number of hydrogen-bond acceptors (Lipinski definition) is 2. The zero-order valence-electron chi connectivity index (χ0n) is 8.36. The fraction of sp³-hybridized carbons (Fsp3) is 0.667. The minimum atomic E-state index is -4.68. The van der Waals surface area contributed by atoms with Crippen molar-refractivity contribution in [3.63, 3.8) is 0 Å². The first-order chi connectivity index (χ1) is 6.11. The molecule has 5 heteroatoms. The van der Waals surface area contributed by atoms with Crippen LogP contribution in [0.1, 0.15) is 27.2 Å². The summed E-state index contributed by atoms with van der Waals surface area (Å²) in [5, 5.41) is 0. The number of alkyl halides is 3. The van der Waals surface area contributed by atoms with Gasteiger partial charge in [0.25, 0.3) is 0 Å². The Morgan fingerprint density at radius 3 is 2.07 bits per heavy atom. The Labute approximate surface area is 80.7 Å². The van der Waals surface area contributed by atoms with E-state index in [1.807, 2.05) is 0 Å². The maximum absolute atomic E-state index is 11.9. The molecule has 0 aliphatic carbocycles. The van der Waals surface area contributed by atoms with Crippen molar-refractivity contribution in [1.82, 2.24) is 0 Å². The molecule has 0 N–H and O–H groups in total. The average molecular weight is 210 g/mol. The van der Waals surface area contributed by atoms with Gasteiger partial charge in [0.05, 0.1) is 5.41 Å². The van der Waals surface area contributed by atoms with Crippen LogP contribution in [0, 0.1) is 5.41 Å². The maximum Gasteiger partial charge on any atom is 0.449 e. The molecule has 0 saturated heterocycles. The van der Waals surface area contributed by atoms with Crippen molar-refractivity contribution >= 4 is 5.97 Å². The quantitative estimate of drug-likeness (QED) is 0.528. The first kappa shape index (κ1) is 13.0. The molecule has 0 radical (unpaired) electrons. The van der Waals surface area contributed by atoms with E-state index in [9.17, 15) is 18.0 Å². The second-order valence-corrected chi connectivity index (χ2v) is 3.55. The molecule has 0 aliphatic rings. The Bertz CT molecular complexity index is 241. The molecule has 0 aromatic rings. The molecule has 0 spiro atoms. The van der Waals surface area contributed by atoms with Crippen LogP contribution in [0.5, 0.6) is 0 Å². The lowest BCUT2D eigenvalue weighted by molar-refractivity contribution is -0.168.